The molecule has 0 radical (unpaired) electrons. The number of pyridine rings is 1. The van der Waals surface area contributed by atoms with Crippen molar-refractivity contribution in [3.05, 3.63) is 76.7 Å². The van der Waals surface area contributed by atoms with E-state index in [0.717, 1.165) is 17.0 Å². The van der Waals surface area contributed by atoms with Gasteiger partial charge in [-0.2, -0.15) is 0 Å². The van der Waals surface area contributed by atoms with Crippen LogP contribution < -0.4 is 0 Å². The number of ketones is 1. The third-order valence-electron chi connectivity index (χ3n) is 3.05. The maximum absolute atomic E-state index is 13.4. The number of aromatic nitrogens is 1. The molecule has 98 valence electrons. The molecule has 0 N–H and O–H groups in total. The molecule has 3 aromatic rings. The number of halogens is 2. The largest absolute Gasteiger partial charge is 0.289 e. The summed E-state index contributed by atoms with van der Waals surface area (Å²) in [7, 11) is 0. The molecule has 20 heavy (non-hydrogen) atoms. The van der Waals surface area contributed by atoms with Gasteiger partial charge in [-0.05, 0) is 42.5 Å². The van der Waals surface area contributed by atoms with Gasteiger partial charge in [0, 0.05) is 22.7 Å². The van der Waals surface area contributed by atoms with Crippen LogP contribution in [0.25, 0.3) is 10.9 Å². The van der Waals surface area contributed by atoms with Gasteiger partial charge in [-0.3, -0.25) is 9.78 Å². The van der Waals surface area contributed by atoms with Gasteiger partial charge in [-0.25, -0.2) is 4.39 Å². The summed E-state index contributed by atoms with van der Waals surface area (Å²) in [6.45, 7) is 0. The normalized spacial score (nSPS) is 10.7. The summed E-state index contributed by atoms with van der Waals surface area (Å²) in [5.74, 6) is -0.841. The monoisotopic (exact) mass is 285 g/mol. The van der Waals surface area contributed by atoms with Crippen molar-refractivity contribution < 1.29 is 9.18 Å². The molecule has 0 saturated heterocycles. The minimum atomic E-state index is -0.597. The number of hydrogen-bond donors (Lipinski definition) is 0. The second kappa shape index (κ2) is 5.02. The minimum absolute atomic E-state index is 0.00395. The van der Waals surface area contributed by atoms with Gasteiger partial charge in [0.1, 0.15) is 5.82 Å². The number of fused-ring (bicyclic) bond motifs is 1. The van der Waals surface area contributed by atoms with E-state index in [2.05, 4.69) is 4.98 Å². The summed E-state index contributed by atoms with van der Waals surface area (Å²) in [6, 6.07) is 12.9. The molecule has 0 aliphatic heterocycles. The zero-order valence-corrected chi connectivity index (χ0v) is 11.1. The van der Waals surface area contributed by atoms with Crippen molar-refractivity contribution >= 4 is 28.3 Å². The molecule has 1 heterocycles. The number of carbonyl (C=O) groups excluding carboxylic acids is 1. The predicted octanol–water partition coefficient (Wildman–Crippen LogP) is 4.26. The van der Waals surface area contributed by atoms with E-state index in [0.29, 0.717) is 5.56 Å². The van der Waals surface area contributed by atoms with E-state index < -0.39 is 5.82 Å². The van der Waals surface area contributed by atoms with Gasteiger partial charge in [0.2, 0.25) is 0 Å². The van der Waals surface area contributed by atoms with Crippen molar-refractivity contribution in [1.82, 2.24) is 4.98 Å². The van der Waals surface area contributed by atoms with Gasteiger partial charge in [-0.15, -0.1) is 0 Å². The van der Waals surface area contributed by atoms with E-state index in [9.17, 15) is 9.18 Å². The Labute approximate surface area is 119 Å². The fraction of sp³-hybridized carbons (Fsp3) is 0. The molecular weight excluding hydrogens is 277 g/mol. The third kappa shape index (κ3) is 2.28. The SMILES string of the molecule is O=C(c1ccc(Cl)c(F)c1)c1ccc2ncccc2c1. The number of rotatable bonds is 2. The van der Waals surface area contributed by atoms with Gasteiger partial charge in [-0.1, -0.05) is 17.7 Å². The molecule has 0 atom stereocenters. The first-order valence-corrected chi connectivity index (χ1v) is 6.37. The smallest absolute Gasteiger partial charge is 0.193 e. The van der Waals surface area contributed by atoms with E-state index in [1.54, 1.807) is 30.5 Å². The summed E-state index contributed by atoms with van der Waals surface area (Å²) in [6.07, 6.45) is 1.69. The fourth-order valence-corrected chi connectivity index (χ4v) is 2.14. The maximum Gasteiger partial charge on any atom is 0.193 e. The Balaban J connectivity index is 2.05. The van der Waals surface area contributed by atoms with Gasteiger partial charge in [0.25, 0.3) is 0 Å². The van der Waals surface area contributed by atoms with Crippen LogP contribution in [-0.4, -0.2) is 10.8 Å². The van der Waals surface area contributed by atoms with Gasteiger partial charge in [0.05, 0.1) is 10.5 Å². The maximum atomic E-state index is 13.4. The van der Waals surface area contributed by atoms with Gasteiger partial charge < -0.3 is 0 Å². The van der Waals surface area contributed by atoms with Crippen molar-refractivity contribution in [3.63, 3.8) is 0 Å². The summed E-state index contributed by atoms with van der Waals surface area (Å²) >= 11 is 5.61. The lowest BCUT2D eigenvalue weighted by molar-refractivity contribution is 0.103. The van der Waals surface area contributed by atoms with Crippen LogP contribution in [0.4, 0.5) is 4.39 Å². The standard InChI is InChI=1S/C16H9ClFNO/c17-13-5-3-12(9-14(13)18)16(20)11-4-6-15-10(8-11)2-1-7-19-15/h1-9H. The molecule has 0 amide bonds. The summed E-state index contributed by atoms with van der Waals surface area (Å²) in [5.41, 5.74) is 1.58. The average molecular weight is 286 g/mol. The van der Waals surface area contributed by atoms with Gasteiger partial charge in [0.15, 0.2) is 5.78 Å². The highest BCUT2D eigenvalue weighted by molar-refractivity contribution is 6.30. The highest BCUT2D eigenvalue weighted by Gasteiger charge is 2.12. The Morgan fingerprint density at radius 3 is 2.60 bits per heavy atom. The first kappa shape index (κ1) is 12.8. The molecule has 0 aliphatic rings. The van der Waals surface area contributed by atoms with Crippen molar-refractivity contribution in [2.24, 2.45) is 0 Å². The molecule has 0 aliphatic carbocycles. The fourth-order valence-electron chi connectivity index (χ4n) is 2.02. The molecule has 2 nitrogen and oxygen atoms in total. The second-order valence-corrected chi connectivity index (χ2v) is 4.78. The van der Waals surface area contributed by atoms with Crippen LogP contribution >= 0.6 is 11.6 Å². The van der Waals surface area contributed by atoms with Crippen LogP contribution in [0.3, 0.4) is 0 Å². The predicted molar refractivity (Wildman–Crippen MR) is 76.6 cm³/mol. The lowest BCUT2D eigenvalue weighted by Crippen LogP contribution is -2.02. The van der Waals surface area contributed by atoms with Crippen LogP contribution in [0.1, 0.15) is 15.9 Å². The minimum Gasteiger partial charge on any atom is -0.289 e. The average Bonchev–Trinajstić information content (AvgIpc) is 2.49. The molecule has 0 spiro atoms. The second-order valence-electron chi connectivity index (χ2n) is 4.37. The van der Waals surface area contributed by atoms with Crippen molar-refractivity contribution in [3.8, 4) is 0 Å². The van der Waals surface area contributed by atoms with Crippen LogP contribution in [0.5, 0.6) is 0 Å². The van der Waals surface area contributed by atoms with E-state index in [1.807, 2.05) is 6.07 Å². The third-order valence-corrected chi connectivity index (χ3v) is 3.35. The molecule has 3 rings (SSSR count). The Morgan fingerprint density at radius 1 is 1.05 bits per heavy atom. The Bertz CT molecular complexity index is 816. The van der Waals surface area contributed by atoms with Crippen molar-refractivity contribution in [2.45, 2.75) is 0 Å². The summed E-state index contributed by atoms with van der Waals surface area (Å²) in [4.78, 5) is 16.5. The zero-order valence-electron chi connectivity index (χ0n) is 10.3. The van der Waals surface area contributed by atoms with E-state index >= 15 is 0 Å². The zero-order chi connectivity index (χ0) is 14.1. The Kier molecular flexibility index (Phi) is 3.20. The van der Waals surface area contributed by atoms with E-state index in [-0.39, 0.29) is 16.4 Å². The lowest BCUT2D eigenvalue weighted by atomic mass is 10.0. The number of carbonyl (C=O) groups is 1. The highest BCUT2D eigenvalue weighted by Crippen LogP contribution is 2.20. The first-order valence-electron chi connectivity index (χ1n) is 6.00. The molecule has 0 unspecified atom stereocenters. The van der Waals surface area contributed by atoms with Gasteiger partial charge >= 0.3 is 0 Å². The Morgan fingerprint density at radius 2 is 1.80 bits per heavy atom. The van der Waals surface area contributed by atoms with Crippen LogP contribution in [0.2, 0.25) is 5.02 Å². The van der Waals surface area contributed by atoms with Crippen molar-refractivity contribution in [2.75, 3.05) is 0 Å². The summed E-state index contributed by atoms with van der Waals surface area (Å²) in [5, 5.41) is 0.872. The van der Waals surface area contributed by atoms with Crippen LogP contribution in [-0.2, 0) is 0 Å². The van der Waals surface area contributed by atoms with Crippen LogP contribution in [0.15, 0.2) is 54.7 Å². The lowest BCUT2D eigenvalue weighted by Gasteiger charge is -2.04. The summed E-state index contributed by atoms with van der Waals surface area (Å²) < 4.78 is 13.4. The van der Waals surface area contributed by atoms with Crippen LogP contribution in [0, 0.1) is 5.82 Å². The molecule has 2 aromatic carbocycles. The molecule has 0 bridgehead atoms. The number of benzene rings is 2. The van der Waals surface area contributed by atoms with Crippen molar-refractivity contribution in [1.29, 1.82) is 0 Å². The molecular formula is C16H9ClFNO. The molecule has 1 aromatic heterocycles. The molecule has 0 saturated carbocycles. The Hall–Kier alpha value is -2.26. The van der Waals surface area contributed by atoms with E-state index in [1.165, 1.54) is 12.1 Å². The van der Waals surface area contributed by atoms with E-state index in [4.69, 9.17) is 11.6 Å². The number of nitrogens with zero attached hydrogens (tertiary/aromatic N) is 1. The quantitative estimate of drug-likeness (QED) is 0.659. The topological polar surface area (TPSA) is 30.0 Å². The molecule has 0 fully saturated rings. The highest BCUT2D eigenvalue weighted by atomic mass is 35.5. The molecule has 4 heteroatoms. The first-order chi connectivity index (χ1) is 9.65. The number of hydrogen-bond acceptors (Lipinski definition) is 2.